The fourth-order valence-electron chi connectivity index (χ4n) is 2.39. The van der Waals surface area contributed by atoms with Crippen LogP contribution in [-0.4, -0.2) is 29.0 Å². The van der Waals surface area contributed by atoms with Gasteiger partial charge >= 0.3 is 0 Å². The van der Waals surface area contributed by atoms with Gasteiger partial charge in [-0.15, -0.1) is 0 Å². The van der Waals surface area contributed by atoms with Gasteiger partial charge in [0.25, 0.3) is 0 Å². The van der Waals surface area contributed by atoms with E-state index in [2.05, 4.69) is 0 Å². The molecule has 0 spiro atoms. The van der Waals surface area contributed by atoms with Gasteiger partial charge in [-0.2, -0.15) is 0 Å². The molecule has 17 heavy (non-hydrogen) atoms. The summed E-state index contributed by atoms with van der Waals surface area (Å²) in [5.74, 6) is -0.0236. The number of hydrogen-bond acceptors (Lipinski definition) is 3. The van der Waals surface area contributed by atoms with E-state index in [1.54, 1.807) is 0 Å². The largest absolute Gasteiger partial charge is 0.396 e. The second-order valence-electron chi connectivity index (χ2n) is 4.70. The van der Waals surface area contributed by atoms with Gasteiger partial charge in [0.1, 0.15) is 0 Å². The molecule has 2 N–H and O–H groups in total. The lowest BCUT2D eigenvalue weighted by Crippen LogP contribution is -2.40. The summed E-state index contributed by atoms with van der Waals surface area (Å²) in [5, 5.41) is 19.2. The molecule has 3 nitrogen and oxygen atoms in total. The quantitative estimate of drug-likeness (QED) is 0.837. The monoisotopic (exact) mass is 236 g/mol. The molecular formula is C14H20O3. The first-order valence-corrected chi connectivity index (χ1v) is 6.25. The Bertz CT molecular complexity index is 325. The third-order valence-electron chi connectivity index (χ3n) is 3.47. The summed E-state index contributed by atoms with van der Waals surface area (Å²) < 4.78 is 5.75. The minimum atomic E-state index is -0.530. The van der Waals surface area contributed by atoms with Crippen LogP contribution >= 0.6 is 0 Å². The number of hydrogen-bond donors (Lipinski definition) is 2. The Morgan fingerprint density at radius 2 is 1.94 bits per heavy atom. The van der Waals surface area contributed by atoms with Crippen LogP contribution < -0.4 is 0 Å². The molecule has 1 saturated carbocycles. The van der Waals surface area contributed by atoms with Gasteiger partial charge in [-0.05, 0) is 18.4 Å². The van der Waals surface area contributed by atoms with Gasteiger partial charge in [-0.1, -0.05) is 36.8 Å². The fraction of sp³-hybridized carbons (Fsp3) is 0.571. The Balaban J connectivity index is 1.86. The first-order chi connectivity index (χ1) is 8.31. The molecule has 3 heteroatoms. The van der Waals surface area contributed by atoms with E-state index in [1.165, 1.54) is 0 Å². The van der Waals surface area contributed by atoms with Crippen molar-refractivity contribution in [2.45, 2.75) is 38.1 Å². The zero-order valence-electron chi connectivity index (χ0n) is 9.96. The van der Waals surface area contributed by atoms with E-state index in [1.807, 2.05) is 30.3 Å². The summed E-state index contributed by atoms with van der Waals surface area (Å²) in [5.41, 5.74) is 1.12. The molecule has 0 bridgehead atoms. The minimum absolute atomic E-state index is 0.0236. The Kier molecular flexibility index (Phi) is 4.54. The van der Waals surface area contributed by atoms with E-state index in [4.69, 9.17) is 9.84 Å². The van der Waals surface area contributed by atoms with Gasteiger partial charge in [0.05, 0.1) is 18.8 Å². The average molecular weight is 236 g/mol. The Hall–Kier alpha value is -0.900. The van der Waals surface area contributed by atoms with Crippen molar-refractivity contribution in [1.29, 1.82) is 0 Å². The highest BCUT2D eigenvalue weighted by molar-refractivity contribution is 5.13. The van der Waals surface area contributed by atoms with Crippen LogP contribution in [0.15, 0.2) is 30.3 Å². The van der Waals surface area contributed by atoms with Crippen molar-refractivity contribution in [3.63, 3.8) is 0 Å². The van der Waals surface area contributed by atoms with Crippen molar-refractivity contribution in [3.05, 3.63) is 35.9 Å². The lowest BCUT2D eigenvalue weighted by Gasteiger charge is -2.33. The molecule has 1 fully saturated rings. The lowest BCUT2D eigenvalue weighted by molar-refractivity contribution is -0.0996. The smallest absolute Gasteiger partial charge is 0.0851 e. The van der Waals surface area contributed by atoms with Crippen LogP contribution in [0.25, 0.3) is 0 Å². The summed E-state index contributed by atoms with van der Waals surface area (Å²) in [6.45, 7) is 0.576. The van der Waals surface area contributed by atoms with Crippen LogP contribution in [-0.2, 0) is 11.3 Å². The second kappa shape index (κ2) is 6.15. The maximum Gasteiger partial charge on any atom is 0.0851 e. The van der Waals surface area contributed by atoms with Gasteiger partial charge in [0, 0.05) is 12.5 Å². The number of aliphatic hydroxyl groups is 2. The molecule has 1 unspecified atom stereocenters. The molecule has 0 radical (unpaired) electrons. The van der Waals surface area contributed by atoms with Gasteiger partial charge in [0.15, 0.2) is 0 Å². The van der Waals surface area contributed by atoms with E-state index in [0.717, 1.165) is 24.8 Å². The van der Waals surface area contributed by atoms with Gasteiger partial charge in [-0.25, -0.2) is 0 Å². The highest BCUT2D eigenvalue weighted by atomic mass is 16.5. The van der Waals surface area contributed by atoms with Crippen molar-refractivity contribution in [2.24, 2.45) is 5.92 Å². The zero-order chi connectivity index (χ0) is 12.1. The molecule has 0 aliphatic heterocycles. The molecule has 3 atom stereocenters. The van der Waals surface area contributed by atoms with Crippen LogP contribution in [0, 0.1) is 5.92 Å². The summed E-state index contributed by atoms with van der Waals surface area (Å²) in [6, 6.07) is 9.96. The standard InChI is InChI=1S/C14H20O3/c15-9-12-7-4-8-13(14(12)16)17-10-11-5-2-1-3-6-11/h1-3,5-6,12-16H,4,7-10H2/t12?,13-,14+/m0/s1. The summed E-state index contributed by atoms with van der Waals surface area (Å²) >= 11 is 0. The average Bonchev–Trinajstić information content (AvgIpc) is 2.39. The van der Waals surface area contributed by atoms with Crippen LogP contribution in [0.4, 0.5) is 0 Å². The van der Waals surface area contributed by atoms with Crippen LogP contribution in [0.3, 0.4) is 0 Å². The first-order valence-electron chi connectivity index (χ1n) is 6.25. The van der Waals surface area contributed by atoms with E-state index in [-0.39, 0.29) is 18.6 Å². The predicted octanol–water partition coefficient (Wildman–Crippen LogP) is 1.73. The number of ether oxygens (including phenoxy) is 1. The summed E-state index contributed by atoms with van der Waals surface area (Å²) in [4.78, 5) is 0. The molecule has 0 heterocycles. The van der Waals surface area contributed by atoms with Crippen molar-refractivity contribution in [2.75, 3.05) is 6.61 Å². The third kappa shape index (κ3) is 3.28. The van der Waals surface area contributed by atoms with Crippen molar-refractivity contribution in [1.82, 2.24) is 0 Å². The maximum atomic E-state index is 10.0. The maximum absolute atomic E-state index is 10.0. The molecule has 0 saturated heterocycles. The summed E-state index contributed by atoms with van der Waals surface area (Å²) in [7, 11) is 0. The van der Waals surface area contributed by atoms with Gasteiger partial charge < -0.3 is 14.9 Å². The molecule has 94 valence electrons. The number of benzene rings is 1. The number of aliphatic hydroxyl groups excluding tert-OH is 2. The molecule has 0 amide bonds. The summed E-state index contributed by atoms with van der Waals surface area (Å²) in [6.07, 6.45) is 2.12. The fourth-order valence-corrected chi connectivity index (χ4v) is 2.39. The Morgan fingerprint density at radius 3 is 2.65 bits per heavy atom. The van der Waals surface area contributed by atoms with Crippen molar-refractivity contribution >= 4 is 0 Å². The van der Waals surface area contributed by atoms with E-state index >= 15 is 0 Å². The van der Waals surface area contributed by atoms with E-state index in [0.29, 0.717) is 6.61 Å². The lowest BCUT2D eigenvalue weighted by atomic mass is 9.85. The highest BCUT2D eigenvalue weighted by Crippen LogP contribution is 2.27. The van der Waals surface area contributed by atoms with Crippen LogP contribution in [0.5, 0.6) is 0 Å². The van der Waals surface area contributed by atoms with E-state index < -0.39 is 6.10 Å². The molecule has 1 aliphatic rings. The molecule has 0 aromatic heterocycles. The molecular weight excluding hydrogens is 216 g/mol. The molecule has 1 aromatic carbocycles. The second-order valence-corrected chi connectivity index (χ2v) is 4.70. The minimum Gasteiger partial charge on any atom is -0.396 e. The Labute approximate surface area is 102 Å². The zero-order valence-corrected chi connectivity index (χ0v) is 9.96. The highest BCUT2D eigenvalue weighted by Gasteiger charge is 2.31. The predicted molar refractivity (Wildman–Crippen MR) is 65.5 cm³/mol. The third-order valence-corrected chi connectivity index (χ3v) is 3.47. The molecule has 1 aliphatic carbocycles. The normalized spacial score (nSPS) is 29.2. The number of rotatable bonds is 4. The van der Waals surface area contributed by atoms with Crippen molar-refractivity contribution in [3.8, 4) is 0 Å². The van der Waals surface area contributed by atoms with Gasteiger partial charge in [0.2, 0.25) is 0 Å². The SMILES string of the molecule is OCC1CCC[C@H](OCc2ccccc2)[C@@H]1O. The van der Waals surface area contributed by atoms with Crippen LogP contribution in [0.1, 0.15) is 24.8 Å². The molecule has 1 aromatic rings. The van der Waals surface area contributed by atoms with Gasteiger partial charge in [-0.3, -0.25) is 0 Å². The molecule has 2 rings (SSSR count). The first kappa shape index (κ1) is 12.6. The van der Waals surface area contributed by atoms with E-state index in [9.17, 15) is 5.11 Å². The van der Waals surface area contributed by atoms with Crippen LogP contribution in [0.2, 0.25) is 0 Å². The topological polar surface area (TPSA) is 49.7 Å². The van der Waals surface area contributed by atoms with Crippen molar-refractivity contribution < 1.29 is 14.9 Å². The Morgan fingerprint density at radius 1 is 1.18 bits per heavy atom.